The maximum atomic E-state index is 11.4. The number of aliphatic hydroxyl groups is 2. The highest BCUT2D eigenvalue weighted by molar-refractivity contribution is 5.72. The van der Waals surface area contributed by atoms with Gasteiger partial charge >= 0.3 is 5.97 Å². The van der Waals surface area contributed by atoms with E-state index in [0.717, 1.165) is 25.7 Å². The molecule has 1 aliphatic rings. The predicted molar refractivity (Wildman–Crippen MR) is 50.6 cm³/mol. The van der Waals surface area contributed by atoms with Gasteiger partial charge < -0.3 is 14.9 Å². The minimum Gasteiger partial charge on any atom is -0.463 e. The molecule has 0 aromatic rings. The predicted octanol–water partition coefficient (Wildman–Crippen LogP) is 0.463. The van der Waals surface area contributed by atoms with Gasteiger partial charge in [-0.25, -0.2) is 0 Å². The third-order valence-electron chi connectivity index (χ3n) is 2.57. The van der Waals surface area contributed by atoms with Crippen LogP contribution >= 0.6 is 0 Å². The zero-order valence-corrected chi connectivity index (χ0v) is 8.32. The number of esters is 1. The summed E-state index contributed by atoms with van der Waals surface area (Å²) in [6.07, 6.45) is 4.22. The van der Waals surface area contributed by atoms with Crippen LogP contribution in [0.1, 0.15) is 32.1 Å². The van der Waals surface area contributed by atoms with Gasteiger partial charge in [-0.3, -0.25) is 4.79 Å². The molecule has 0 saturated heterocycles. The third kappa shape index (κ3) is 3.64. The molecule has 0 aliphatic heterocycles. The molecule has 1 atom stereocenters. The van der Waals surface area contributed by atoms with Gasteiger partial charge in [0.1, 0.15) is 12.7 Å². The molecule has 1 rings (SSSR count). The lowest BCUT2D eigenvalue weighted by atomic mass is 9.89. The van der Waals surface area contributed by atoms with Crippen LogP contribution in [-0.2, 0) is 9.53 Å². The van der Waals surface area contributed by atoms with E-state index in [9.17, 15) is 4.79 Å². The fourth-order valence-electron chi connectivity index (χ4n) is 1.69. The van der Waals surface area contributed by atoms with Crippen molar-refractivity contribution in [2.24, 2.45) is 5.92 Å². The Morgan fingerprint density at radius 3 is 2.57 bits per heavy atom. The number of hydrogen-bond donors (Lipinski definition) is 2. The molecular weight excluding hydrogens is 184 g/mol. The zero-order chi connectivity index (χ0) is 10.4. The lowest BCUT2D eigenvalue weighted by Crippen LogP contribution is -2.26. The monoisotopic (exact) mass is 202 g/mol. The van der Waals surface area contributed by atoms with Gasteiger partial charge in [0.05, 0.1) is 12.5 Å². The van der Waals surface area contributed by atoms with E-state index >= 15 is 0 Å². The van der Waals surface area contributed by atoms with E-state index in [4.69, 9.17) is 14.9 Å². The summed E-state index contributed by atoms with van der Waals surface area (Å²) >= 11 is 0. The first-order valence-electron chi connectivity index (χ1n) is 5.19. The minimum absolute atomic E-state index is 0.00893. The van der Waals surface area contributed by atoms with Crippen LogP contribution in [0.15, 0.2) is 0 Å². The Kier molecular flexibility index (Phi) is 4.90. The molecule has 82 valence electrons. The van der Waals surface area contributed by atoms with E-state index in [1.807, 2.05) is 0 Å². The first-order valence-corrected chi connectivity index (χ1v) is 5.19. The quantitative estimate of drug-likeness (QED) is 0.650. The molecule has 0 heterocycles. The Balaban J connectivity index is 2.19. The van der Waals surface area contributed by atoms with Crippen molar-refractivity contribution in [2.45, 2.75) is 38.2 Å². The van der Waals surface area contributed by atoms with Gasteiger partial charge in [0.15, 0.2) is 0 Å². The number of carbonyl (C=O) groups is 1. The molecule has 0 spiro atoms. The van der Waals surface area contributed by atoms with Crippen LogP contribution < -0.4 is 0 Å². The molecule has 0 radical (unpaired) electrons. The van der Waals surface area contributed by atoms with Crippen LogP contribution in [0.5, 0.6) is 0 Å². The van der Waals surface area contributed by atoms with Crippen molar-refractivity contribution in [1.82, 2.24) is 0 Å². The van der Waals surface area contributed by atoms with Gasteiger partial charge in [-0.2, -0.15) is 0 Å². The van der Waals surface area contributed by atoms with Crippen molar-refractivity contribution in [3.63, 3.8) is 0 Å². The molecule has 1 aliphatic carbocycles. The molecule has 1 unspecified atom stereocenters. The number of carbonyl (C=O) groups excluding carboxylic acids is 1. The summed E-state index contributed by atoms with van der Waals surface area (Å²) < 4.78 is 4.89. The summed E-state index contributed by atoms with van der Waals surface area (Å²) in [5.74, 6) is -0.216. The average molecular weight is 202 g/mol. The fraction of sp³-hybridized carbons (Fsp3) is 0.900. The molecule has 0 aromatic heterocycles. The van der Waals surface area contributed by atoms with E-state index in [-0.39, 0.29) is 25.1 Å². The van der Waals surface area contributed by atoms with Gasteiger partial charge in [-0.1, -0.05) is 19.3 Å². The Labute approximate surface area is 83.9 Å². The number of hydrogen-bond acceptors (Lipinski definition) is 4. The second kappa shape index (κ2) is 5.98. The number of aliphatic hydroxyl groups excluding tert-OH is 2. The Hall–Kier alpha value is -0.610. The lowest BCUT2D eigenvalue weighted by molar-refractivity contribution is -0.153. The molecule has 2 N–H and O–H groups in total. The number of ether oxygens (including phenoxy) is 1. The van der Waals surface area contributed by atoms with Gasteiger partial charge in [-0.15, -0.1) is 0 Å². The normalized spacial score (nSPS) is 20.4. The lowest BCUT2D eigenvalue weighted by Gasteiger charge is -2.20. The largest absolute Gasteiger partial charge is 0.463 e. The Morgan fingerprint density at radius 1 is 1.36 bits per heavy atom. The maximum absolute atomic E-state index is 11.4. The van der Waals surface area contributed by atoms with E-state index in [1.54, 1.807) is 0 Å². The van der Waals surface area contributed by atoms with Crippen molar-refractivity contribution in [3.05, 3.63) is 0 Å². The van der Waals surface area contributed by atoms with Crippen LogP contribution in [0, 0.1) is 5.92 Å². The van der Waals surface area contributed by atoms with E-state index in [0.29, 0.717) is 0 Å². The fourth-order valence-corrected chi connectivity index (χ4v) is 1.69. The molecule has 4 nitrogen and oxygen atoms in total. The summed E-state index contributed by atoms with van der Waals surface area (Å²) in [5, 5.41) is 17.5. The Bertz CT molecular complexity index is 175. The minimum atomic E-state index is -0.942. The van der Waals surface area contributed by atoms with Crippen molar-refractivity contribution < 1.29 is 19.7 Å². The third-order valence-corrected chi connectivity index (χ3v) is 2.57. The number of rotatable bonds is 4. The smallest absolute Gasteiger partial charge is 0.309 e. The molecule has 1 fully saturated rings. The highest BCUT2D eigenvalue weighted by Gasteiger charge is 2.22. The molecular formula is C10H18O4. The van der Waals surface area contributed by atoms with Crippen molar-refractivity contribution in [2.75, 3.05) is 13.2 Å². The highest BCUT2D eigenvalue weighted by atomic mass is 16.5. The Morgan fingerprint density at radius 2 is 2.00 bits per heavy atom. The maximum Gasteiger partial charge on any atom is 0.309 e. The summed E-state index contributed by atoms with van der Waals surface area (Å²) in [5.41, 5.74) is 0. The van der Waals surface area contributed by atoms with Crippen molar-refractivity contribution >= 4 is 5.97 Å². The summed E-state index contributed by atoms with van der Waals surface area (Å²) in [7, 11) is 0. The molecule has 4 heteroatoms. The average Bonchev–Trinajstić information content (AvgIpc) is 2.26. The van der Waals surface area contributed by atoms with Crippen LogP contribution in [0.25, 0.3) is 0 Å². The standard InChI is InChI=1S/C10H18O4/c11-6-9(12)7-14-10(13)8-4-2-1-3-5-8/h8-9,11-12H,1-7H2. The molecule has 0 bridgehead atoms. The van der Waals surface area contributed by atoms with Gasteiger partial charge in [-0.05, 0) is 12.8 Å². The van der Waals surface area contributed by atoms with Crippen LogP contribution in [-0.4, -0.2) is 35.5 Å². The van der Waals surface area contributed by atoms with Crippen molar-refractivity contribution in [1.29, 1.82) is 0 Å². The van der Waals surface area contributed by atoms with Gasteiger partial charge in [0.25, 0.3) is 0 Å². The van der Waals surface area contributed by atoms with E-state index in [2.05, 4.69) is 0 Å². The van der Waals surface area contributed by atoms with Crippen LogP contribution in [0.2, 0.25) is 0 Å². The topological polar surface area (TPSA) is 66.8 Å². The zero-order valence-electron chi connectivity index (χ0n) is 8.32. The van der Waals surface area contributed by atoms with E-state index in [1.165, 1.54) is 6.42 Å². The van der Waals surface area contributed by atoms with Gasteiger partial charge in [0.2, 0.25) is 0 Å². The van der Waals surface area contributed by atoms with Crippen LogP contribution in [0.4, 0.5) is 0 Å². The first kappa shape index (κ1) is 11.5. The SMILES string of the molecule is O=C(OCC(O)CO)C1CCCCC1. The van der Waals surface area contributed by atoms with Gasteiger partial charge in [0, 0.05) is 0 Å². The molecule has 0 amide bonds. The summed E-state index contributed by atoms with van der Waals surface area (Å²) in [6, 6.07) is 0. The second-order valence-electron chi connectivity index (χ2n) is 3.80. The van der Waals surface area contributed by atoms with E-state index < -0.39 is 6.10 Å². The first-order chi connectivity index (χ1) is 6.74. The summed E-state index contributed by atoms with van der Waals surface area (Å²) in [4.78, 5) is 11.4. The summed E-state index contributed by atoms with van der Waals surface area (Å²) in [6.45, 7) is -0.455. The van der Waals surface area contributed by atoms with Crippen LogP contribution in [0.3, 0.4) is 0 Å². The second-order valence-corrected chi connectivity index (χ2v) is 3.80. The molecule has 0 aromatic carbocycles. The highest BCUT2D eigenvalue weighted by Crippen LogP contribution is 2.24. The molecule has 1 saturated carbocycles. The van der Waals surface area contributed by atoms with Crippen molar-refractivity contribution in [3.8, 4) is 0 Å². The molecule has 14 heavy (non-hydrogen) atoms.